The second kappa shape index (κ2) is 6.33. The number of sulfonamides is 1. The third-order valence-electron chi connectivity index (χ3n) is 3.66. The molecule has 1 unspecified atom stereocenters. The van der Waals surface area contributed by atoms with Gasteiger partial charge in [0.2, 0.25) is 15.9 Å². The molecule has 0 spiro atoms. The number of carbonyl (C=O) groups excluding carboxylic acids is 1. The molecular formula is C14H21N3O4S. The Morgan fingerprint density at radius 1 is 1.45 bits per heavy atom. The van der Waals surface area contributed by atoms with Gasteiger partial charge in [-0.05, 0) is 24.1 Å². The molecule has 0 saturated heterocycles. The molecule has 7 nitrogen and oxygen atoms in total. The predicted octanol–water partition coefficient (Wildman–Crippen LogP) is -0.200. The van der Waals surface area contributed by atoms with Crippen LogP contribution in [0.1, 0.15) is 5.56 Å². The number of anilines is 1. The summed E-state index contributed by atoms with van der Waals surface area (Å²) in [6.45, 7) is 0.622. The standard InChI is InChI=1S/C14H21N3O4S/c1-16(2)22(19,20)11-5-4-10-6-7-17(13(10)8-11)14(18)12(15)9-21-3/h4-5,8,12H,6-7,9,15H2,1-3H3. The summed E-state index contributed by atoms with van der Waals surface area (Å²) in [6.07, 6.45) is 0.684. The molecule has 0 fully saturated rings. The van der Waals surface area contributed by atoms with Crippen molar-refractivity contribution in [1.29, 1.82) is 0 Å². The SMILES string of the molecule is COCC(N)C(=O)N1CCc2ccc(S(=O)(=O)N(C)C)cc21. The summed E-state index contributed by atoms with van der Waals surface area (Å²) in [6, 6.07) is 4.10. The first kappa shape index (κ1) is 16.9. The summed E-state index contributed by atoms with van der Waals surface area (Å²) >= 11 is 0. The molecule has 1 aliphatic heterocycles. The smallest absolute Gasteiger partial charge is 0.246 e. The van der Waals surface area contributed by atoms with Gasteiger partial charge in [0, 0.05) is 33.4 Å². The van der Waals surface area contributed by atoms with Crippen LogP contribution in [0.4, 0.5) is 5.69 Å². The van der Waals surface area contributed by atoms with Gasteiger partial charge in [-0.2, -0.15) is 0 Å². The second-order valence-electron chi connectivity index (χ2n) is 5.38. The van der Waals surface area contributed by atoms with Gasteiger partial charge in [-0.1, -0.05) is 6.07 Å². The quantitative estimate of drug-likeness (QED) is 0.808. The van der Waals surface area contributed by atoms with E-state index in [9.17, 15) is 13.2 Å². The molecule has 1 atom stereocenters. The number of fused-ring (bicyclic) bond motifs is 1. The number of nitrogens with zero attached hydrogens (tertiary/aromatic N) is 2. The van der Waals surface area contributed by atoms with Crippen LogP contribution in [0.25, 0.3) is 0 Å². The minimum atomic E-state index is -3.54. The van der Waals surface area contributed by atoms with Crippen LogP contribution >= 0.6 is 0 Å². The molecule has 1 aromatic carbocycles. The molecule has 1 aliphatic rings. The lowest BCUT2D eigenvalue weighted by atomic mass is 10.2. The number of methoxy groups -OCH3 is 1. The van der Waals surface area contributed by atoms with E-state index in [1.165, 1.54) is 32.2 Å². The first-order chi connectivity index (χ1) is 10.3. The minimum absolute atomic E-state index is 0.125. The average molecular weight is 327 g/mol. The first-order valence-electron chi connectivity index (χ1n) is 6.90. The molecule has 2 rings (SSSR count). The molecule has 1 heterocycles. The van der Waals surface area contributed by atoms with Crippen LogP contribution in [0, 0.1) is 0 Å². The van der Waals surface area contributed by atoms with Gasteiger partial charge in [0.25, 0.3) is 0 Å². The zero-order valence-corrected chi connectivity index (χ0v) is 13.8. The lowest BCUT2D eigenvalue weighted by molar-refractivity contribution is -0.120. The molecule has 1 amide bonds. The van der Waals surface area contributed by atoms with E-state index in [-0.39, 0.29) is 17.4 Å². The Bertz CT molecular complexity index is 673. The maximum atomic E-state index is 12.4. The van der Waals surface area contributed by atoms with E-state index in [4.69, 9.17) is 10.5 Å². The second-order valence-corrected chi connectivity index (χ2v) is 7.53. The van der Waals surface area contributed by atoms with E-state index in [2.05, 4.69) is 0 Å². The monoisotopic (exact) mass is 327 g/mol. The Morgan fingerprint density at radius 3 is 2.73 bits per heavy atom. The van der Waals surface area contributed by atoms with Gasteiger partial charge in [-0.25, -0.2) is 12.7 Å². The molecular weight excluding hydrogens is 306 g/mol. The lowest BCUT2D eigenvalue weighted by Gasteiger charge is -2.22. The molecule has 0 radical (unpaired) electrons. The van der Waals surface area contributed by atoms with Crippen molar-refractivity contribution in [3.05, 3.63) is 23.8 Å². The van der Waals surface area contributed by atoms with Crippen LogP contribution in [0.15, 0.2) is 23.1 Å². The highest BCUT2D eigenvalue weighted by Crippen LogP contribution is 2.31. The number of hydrogen-bond donors (Lipinski definition) is 1. The number of carbonyl (C=O) groups is 1. The van der Waals surface area contributed by atoms with Crippen LogP contribution in [0.5, 0.6) is 0 Å². The summed E-state index contributed by atoms with van der Waals surface area (Å²) in [5, 5.41) is 0. The van der Waals surface area contributed by atoms with E-state index in [0.29, 0.717) is 18.7 Å². The van der Waals surface area contributed by atoms with Crippen LogP contribution in [-0.2, 0) is 26.0 Å². The van der Waals surface area contributed by atoms with Gasteiger partial charge < -0.3 is 15.4 Å². The van der Waals surface area contributed by atoms with E-state index in [1.807, 2.05) is 0 Å². The number of ether oxygens (including phenoxy) is 1. The molecule has 8 heteroatoms. The fourth-order valence-electron chi connectivity index (χ4n) is 2.41. The van der Waals surface area contributed by atoms with E-state index in [1.54, 1.807) is 12.1 Å². The lowest BCUT2D eigenvalue weighted by Crippen LogP contribution is -2.45. The maximum Gasteiger partial charge on any atom is 0.246 e. The van der Waals surface area contributed by atoms with Crippen molar-refractivity contribution < 1.29 is 17.9 Å². The average Bonchev–Trinajstić information content (AvgIpc) is 2.89. The Morgan fingerprint density at radius 2 is 2.14 bits per heavy atom. The van der Waals surface area contributed by atoms with Crippen LogP contribution in [-0.4, -0.2) is 59.0 Å². The number of benzene rings is 1. The van der Waals surface area contributed by atoms with Crippen molar-refractivity contribution in [2.75, 3.05) is 39.3 Å². The number of hydrogen-bond acceptors (Lipinski definition) is 5. The maximum absolute atomic E-state index is 12.4. The summed E-state index contributed by atoms with van der Waals surface area (Å²) in [5.41, 5.74) is 7.35. The van der Waals surface area contributed by atoms with E-state index in [0.717, 1.165) is 9.87 Å². The van der Waals surface area contributed by atoms with Gasteiger partial charge in [0.1, 0.15) is 6.04 Å². The third kappa shape index (κ3) is 3.00. The van der Waals surface area contributed by atoms with Gasteiger partial charge in [0.15, 0.2) is 0 Å². The normalized spacial score (nSPS) is 16.0. The fraction of sp³-hybridized carbons (Fsp3) is 0.500. The van der Waals surface area contributed by atoms with E-state index >= 15 is 0 Å². The zero-order chi connectivity index (χ0) is 16.5. The van der Waals surface area contributed by atoms with Crippen molar-refractivity contribution in [3.8, 4) is 0 Å². The molecule has 0 saturated carbocycles. The summed E-state index contributed by atoms with van der Waals surface area (Å²) in [7, 11) is 0.885. The third-order valence-corrected chi connectivity index (χ3v) is 5.47. The van der Waals surface area contributed by atoms with Crippen molar-refractivity contribution in [3.63, 3.8) is 0 Å². The predicted molar refractivity (Wildman–Crippen MR) is 83.2 cm³/mol. The van der Waals surface area contributed by atoms with Crippen LogP contribution in [0.3, 0.4) is 0 Å². The topological polar surface area (TPSA) is 92.9 Å². The first-order valence-corrected chi connectivity index (χ1v) is 8.34. The molecule has 122 valence electrons. The fourth-order valence-corrected chi connectivity index (χ4v) is 3.33. The molecule has 0 bridgehead atoms. The Labute approximate surface area is 130 Å². The molecule has 0 aromatic heterocycles. The van der Waals surface area contributed by atoms with Crippen molar-refractivity contribution in [2.45, 2.75) is 17.4 Å². The van der Waals surface area contributed by atoms with E-state index < -0.39 is 16.1 Å². The number of rotatable bonds is 5. The Hall–Kier alpha value is -1.48. The van der Waals surface area contributed by atoms with Crippen LogP contribution < -0.4 is 10.6 Å². The number of amides is 1. The highest BCUT2D eigenvalue weighted by molar-refractivity contribution is 7.89. The minimum Gasteiger partial charge on any atom is -0.383 e. The van der Waals surface area contributed by atoms with Crippen LogP contribution in [0.2, 0.25) is 0 Å². The van der Waals surface area contributed by atoms with Crippen molar-refractivity contribution in [2.24, 2.45) is 5.73 Å². The zero-order valence-electron chi connectivity index (χ0n) is 12.9. The van der Waals surface area contributed by atoms with Gasteiger partial charge in [-0.3, -0.25) is 4.79 Å². The number of nitrogens with two attached hydrogens (primary N) is 1. The summed E-state index contributed by atoms with van der Waals surface area (Å²) in [4.78, 5) is 14.1. The van der Waals surface area contributed by atoms with Gasteiger partial charge >= 0.3 is 0 Å². The van der Waals surface area contributed by atoms with Gasteiger partial charge in [0.05, 0.1) is 11.5 Å². The molecule has 22 heavy (non-hydrogen) atoms. The molecule has 1 aromatic rings. The van der Waals surface area contributed by atoms with Crippen molar-refractivity contribution in [1.82, 2.24) is 4.31 Å². The molecule has 2 N–H and O–H groups in total. The highest BCUT2D eigenvalue weighted by atomic mass is 32.2. The summed E-state index contributed by atoms with van der Waals surface area (Å²) in [5.74, 6) is -0.264. The molecule has 0 aliphatic carbocycles. The Balaban J connectivity index is 2.37. The van der Waals surface area contributed by atoms with Crippen molar-refractivity contribution >= 4 is 21.6 Å². The largest absolute Gasteiger partial charge is 0.383 e. The van der Waals surface area contributed by atoms with Gasteiger partial charge in [-0.15, -0.1) is 0 Å². The Kier molecular flexibility index (Phi) is 4.86. The summed E-state index contributed by atoms with van der Waals surface area (Å²) < 4.78 is 30.5. The highest BCUT2D eigenvalue weighted by Gasteiger charge is 2.30.